The highest BCUT2D eigenvalue weighted by Gasteiger charge is 2.14. The van der Waals surface area contributed by atoms with E-state index in [0.29, 0.717) is 11.6 Å². The lowest BCUT2D eigenvalue weighted by Gasteiger charge is -2.12. The molecule has 0 saturated carbocycles. The number of anilines is 1. The Bertz CT molecular complexity index is 1120. The molecular weight excluding hydrogens is 370 g/mol. The third-order valence-corrected chi connectivity index (χ3v) is 5.39. The highest BCUT2D eigenvalue weighted by molar-refractivity contribution is 8.00. The summed E-state index contributed by atoms with van der Waals surface area (Å²) in [7, 11) is 0. The van der Waals surface area contributed by atoms with Crippen molar-refractivity contribution in [1.82, 2.24) is 9.97 Å². The molecule has 1 amide bonds. The Morgan fingerprint density at radius 1 is 1.00 bits per heavy atom. The molecule has 0 fully saturated rings. The highest BCUT2D eigenvalue weighted by Crippen LogP contribution is 2.29. The molecule has 4 aromatic rings. The number of rotatable bonds is 5. The molecule has 1 N–H and O–H groups in total. The molecule has 6 heteroatoms. The number of hydrogen-bond acceptors (Lipinski definition) is 5. The van der Waals surface area contributed by atoms with Crippen LogP contribution >= 0.6 is 11.8 Å². The highest BCUT2D eigenvalue weighted by atomic mass is 32.2. The summed E-state index contributed by atoms with van der Waals surface area (Å²) < 4.78 is 5.44. The van der Waals surface area contributed by atoms with Crippen molar-refractivity contribution in [3.8, 4) is 11.6 Å². The van der Waals surface area contributed by atoms with E-state index in [2.05, 4.69) is 15.3 Å². The predicted octanol–water partition coefficient (Wildman–Crippen LogP) is 5.24. The molecule has 0 atom stereocenters. The average molecular weight is 389 g/mol. The van der Waals surface area contributed by atoms with Crippen LogP contribution in [0.3, 0.4) is 0 Å². The number of carbonyl (C=O) groups is 1. The third-order valence-electron chi connectivity index (χ3n) is 4.40. The van der Waals surface area contributed by atoms with Crippen LogP contribution in [-0.2, 0) is 4.79 Å². The van der Waals surface area contributed by atoms with Gasteiger partial charge in [0.2, 0.25) is 5.91 Å². The second-order valence-corrected chi connectivity index (χ2v) is 7.41. The number of nitrogens with zero attached hydrogens (tertiary/aromatic N) is 2. The van der Waals surface area contributed by atoms with Crippen molar-refractivity contribution in [2.45, 2.75) is 18.9 Å². The van der Waals surface area contributed by atoms with Crippen molar-refractivity contribution in [3.05, 3.63) is 72.0 Å². The summed E-state index contributed by atoms with van der Waals surface area (Å²) >= 11 is 1.40. The Morgan fingerprint density at radius 3 is 2.54 bits per heavy atom. The molecule has 0 aliphatic heterocycles. The summed E-state index contributed by atoms with van der Waals surface area (Å²) in [5.74, 6) is 1.31. The van der Waals surface area contributed by atoms with Gasteiger partial charge in [0.25, 0.3) is 0 Å². The predicted molar refractivity (Wildman–Crippen MR) is 113 cm³/mol. The van der Waals surface area contributed by atoms with Crippen molar-refractivity contribution >= 4 is 34.3 Å². The molecule has 0 radical (unpaired) electrons. The van der Waals surface area contributed by atoms with Gasteiger partial charge in [-0.15, -0.1) is 0 Å². The summed E-state index contributed by atoms with van der Waals surface area (Å²) in [5, 5.41) is 4.69. The molecule has 0 aliphatic rings. The Labute approximate surface area is 167 Å². The minimum atomic E-state index is -0.0651. The quantitative estimate of drug-likeness (QED) is 0.373. The van der Waals surface area contributed by atoms with Crippen molar-refractivity contribution in [2.24, 2.45) is 0 Å². The summed E-state index contributed by atoms with van der Waals surface area (Å²) in [6, 6.07) is 17.4. The second-order valence-electron chi connectivity index (χ2n) is 6.45. The lowest BCUT2D eigenvalue weighted by atomic mass is 10.1. The molecular formula is C22H19N3O2S. The van der Waals surface area contributed by atoms with Gasteiger partial charge in [-0.05, 0) is 43.2 Å². The molecule has 0 aliphatic carbocycles. The van der Waals surface area contributed by atoms with E-state index in [-0.39, 0.29) is 11.7 Å². The summed E-state index contributed by atoms with van der Waals surface area (Å²) in [6.45, 7) is 3.98. The first-order valence-electron chi connectivity index (χ1n) is 8.91. The van der Waals surface area contributed by atoms with E-state index in [1.807, 2.05) is 62.4 Å². The monoisotopic (exact) mass is 389 g/mol. The maximum atomic E-state index is 12.5. The normalized spacial score (nSPS) is 10.9. The number of furan rings is 1. The molecule has 28 heavy (non-hydrogen) atoms. The van der Waals surface area contributed by atoms with Crippen LogP contribution in [0.1, 0.15) is 11.1 Å². The molecule has 140 valence electrons. The van der Waals surface area contributed by atoms with Gasteiger partial charge in [-0.1, -0.05) is 48.2 Å². The molecule has 4 rings (SSSR count). The van der Waals surface area contributed by atoms with E-state index in [9.17, 15) is 4.79 Å². The number of carbonyl (C=O) groups excluding carboxylic acids is 1. The van der Waals surface area contributed by atoms with Crippen LogP contribution in [0.4, 0.5) is 5.69 Å². The molecule has 5 nitrogen and oxygen atoms in total. The number of fused-ring (bicyclic) bond motifs is 1. The standard InChI is InChI=1S/C22H19N3O2S/c1-14-7-5-8-15(2)20(14)24-19(26)13-28-22-16-9-3-4-10-17(16)23-21(25-22)18-11-6-12-27-18/h3-12H,13H2,1-2H3,(H,24,26). The fourth-order valence-corrected chi connectivity index (χ4v) is 3.81. The number of aryl methyl sites for hydroxylation is 2. The Balaban J connectivity index is 1.58. The van der Waals surface area contributed by atoms with Crippen molar-refractivity contribution in [1.29, 1.82) is 0 Å². The Hall–Kier alpha value is -3.12. The number of hydrogen-bond donors (Lipinski definition) is 1. The Kier molecular flexibility index (Phi) is 5.12. The largest absolute Gasteiger partial charge is 0.461 e. The maximum Gasteiger partial charge on any atom is 0.234 e. The molecule has 2 heterocycles. The van der Waals surface area contributed by atoms with Gasteiger partial charge in [-0.3, -0.25) is 4.79 Å². The first kappa shape index (κ1) is 18.3. The zero-order chi connectivity index (χ0) is 19.5. The van der Waals surface area contributed by atoms with E-state index >= 15 is 0 Å². The topological polar surface area (TPSA) is 68.0 Å². The van der Waals surface area contributed by atoms with Gasteiger partial charge in [0.15, 0.2) is 11.6 Å². The van der Waals surface area contributed by atoms with Gasteiger partial charge < -0.3 is 9.73 Å². The average Bonchev–Trinajstić information content (AvgIpc) is 3.24. The van der Waals surface area contributed by atoms with Crippen LogP contribution in [0.15, 0.2) is 70.3 Å². The molecule has 0 saturated heterocycles. The minimum Gasteiger partial charge on any atom is -0.461 e. The number of thioether (sulfide) groups is 1. The maximum absolute atomic E-state index is 12.5. The van der Waals surface area contributed by atoms with Crippen LogP contribution < -0.4 is 5.32 Å². The molecule has 2 aromatic heterocycles. The second kappa shape index (κ2) is 7.86. The zero-order valence-corrected chi connectivity index (χ0v) is 16.4. The van der Waals surface area contributed by atoms with Gasteiger partial charge in [-0.2, -0.15) is 0 Å². The van der Waals surface area contributed by atoms with Gasteiger partial charge >= 0.3 is 0 Å². The zero-order valence-electron chi connectivity index (χ0n) is 15.6. The molecule has 0 bridgehead atoms. The fraction of sp³-hybridized carbons (Fsp3) is 0.136. The van der Waals surface area contributed by atoms with E-state index in [1.165, 1.54) is 11.8 Å². The van der Waals surface area contributed by atoms with E-state index in [4.69, 9.17) is 4.42 Å². The summed E-state index contributed by atoms with van der Waals surface area (Å²) in [6.07, 6.45) is 1.60. The third kappa shape index (κ3) is 3.77. The van der Waals surface area contributed by atoms with E-state index in [0.717, 1.165) is 32.7 Å². The molecule has 0 spiro atoms. The van der Waals surface area contributed by atoms with Crippen LogP contribution in [-0.4, -0.2) is 21.6 Å². The lowest BCUT2D eigenvalue weighted by Crippen LogP contribution is -2.16. The SMILES string of the molecule is Cc1cccc(C)c1NC(=O)CSc1nc(-c2ccco2)nc2ccccc12. The minimum absolute atomic E-state index is 0.0651. The van der Waals surface area contributed by atoms with Crippen LogP contribution in [0.5, 0.6) is 0 Å². The van der Waals surface area contributed by atoms with Gasteiger partial charge in [0, 0.05) is 11.1 Å². The van der Waals surface area contributed by atoms with Gasteiger partial charge in [-0.25, -0.2) is 9.97 Å². The number of aromatic nitrogens is 2. The number of amides is 1. The number of benzene rings is 2. The number of para-hydroxylation sites is 2. The summed E-state index contributed by atoms with van der Waals surface area (Å²) in [5.41, 5.74) is 3.79. The first-order valence-corrected chi connectivity index (χ1v) is 9.90. The van der Waals surface area contributed by atoms with Gasteiger partial charge in [0.05, 0.1) is 17.5 Å². The fourth-order valence-electron chi connectivity index (χ4n) is 2.99. The van der Waals surface area contributed by atoms with E-state index < -0.39 is 0 Å². The smallest absolute Gasteiger partial charge is 0.234 e. The van der Waals surface area contributed by atoms with E-state index in [1.54, 1.807) is 12.3 Å². The van der Waals surface area contributed by atoms with Crippen LogP contribution in [0.2, 0.25) is 0 Å². The lowest BCUT2D eigenvalue weighted by molar-refractivity contribution is -0.113. The first-order chi connectivity index (χ1) is 13.6. The van der Waals surface area contributed by atoms with Crippen LogP contribution in [0.25, 0.3) is 22.5 Å². The number of nitrogens with one attached hydrogen (secondary N) is 1. The van der Waals surface area contributed by atoms with Crippen molar-refractivity contribution < 1.29 is 9.21 Å². The Morgan fingerprint density at radius 2 is 1.79 bits per heavy atom. The molecule has 0 unspecified atom stereocenters. The summed E-state index contributed by atoms with van der Waals surface area (Å²) in [4.78, 5) is 21.8. The van der Waals surface area contributed by atoms with Gasteiger partial charge in [0.1, 0.15) is 5.03 Å². The van der Waals surface area contributed by atoms with Crippen LogP contribution in [0, 0.1) is 13.8 Å². The molecule has 2 aromatic carbocycles. The van der Waals surface area contributed by atoms with Crippen molar-refractivity contribution in [2.75, 3.05) is 11.1 Å². The van der Waals surface area contributed by atoms with Crippen molar-refractivity contribution in [3.63, 3.8) is 0 Å².